The van der Waals surface area contributed by atoms with Crippen LogP contribution in [0.4, 0.5) is 0 Å². The standard InChI is InChI=1S/C34H48BN3O6.C23H26N2O4.C18H20N2O3P2.C18H19NO3.C11H24BNO3.C9H11NO2.ClH/c1-33(2)34(3,4)44-35(43-33)29(19-13-23-42-5)37-31(40)28-18-12-22-38(28)32(41)27(24-26-16-10-7-11-17-26)36-30(39)21-20-25-14-8-6-9-15-25;26-21(14-13-17-8-3-1-4-9-17)24-19(16-18-10-5-2-6-11-18)22(27)25-15-7-12-20(25)23(28)29;21-17(12-11-14-7-3-1-4-8-14)19-16(18(22)23-25-20-24)13-15-9-5-2-6-10-15;20-17(12-11-14-7-3-1-4-8-14)19-16(18(21)22)13-15-9-5-2-6-10-15;1-10(2)11(3,4)16-12(15-10)9(13)7-6-8-14-5;10-8(9(11)12)6-7-4-2-1-3-5-7;/h6-11,14-17,27-29H,12-13,18-24H2,1-5H3,(H,36,39)(H,37,40);1-6,8-11,19-20H,7,12-16H2,(H,24,26)(H,28,29);1-10,16H,11-13,24H2,(H,19,21);1-10,16H,11-13H2,(H,19,20)(H,21,22);9H,6-8,13H2,1-5H3;1-5,8H,6,10H2,(H,11,12);1H/t27?,28-,29?;19?,20-;2*16-;;8-;/m0011.1./s1. The SMILES string of the molecule is COCCCC(NC(=O)[C@@H]1CCCN1C(=O)C(Cc1ccccc1)NC(=O)CCc1ccccc1)B1OC(C)(C)C(C)(C)O1.COCCCC([NH3+])B1OC(C)(C)C(C)(C)O1.N[C@H](Cc1ccccc1)C(=O)O.O=C(CCc1ccccc1)NC(Cc1ccccc1)C(=O)N1CCC[C@H]1C(=O)O.O=C(CCc1ccccc1)N[C@H](Cc1ccccc1)C(=O)O.O=C(CCc1ccccc1)N[C@H](Cc1ccccc1)C(=O)OP=NP.[Cl-]. The van der Waals surface area contributed by atoms with Gasteiger partial charge in [-0.05, 0) is 198 Å². The second-order valence-electron chi connectivity index (χ2n) is 38.9. The van der Waals surface area contributed by atoms with Crippen molar-refractivity contribution >= 4 is 97.5 Å². The number of nitrogens with one attached hydrogen (secondary N) is 5. The quantitative estimate of drug-likeness (QED) is 0.00963. The number of methoxy groups -OCH3 is 2. The molecule has 0 aromatic heterocycles. The Kier molecular flexibility index (Phi) is 54.0. The molecule has 5 unspecified atom stereocenters. The molecule has 0 spiro atoms. The van der Waals surface area contributed by atoms with E-state index < -0.39 is 90.4 Å². The van der Waals surface area contributed by atoms with E-state index in [2.05, 4.69) is 73.9 Å². The second-order valence-corrected chi connectivity index (χ2v) is 40.1. The number of benzene rings is 9. The van der Waals surface area contributed by atoms with Gasteiger partial charge in [0.15, 0.2) is 0 Å². The number of amides is 7. The molecule has 4 heterocycles. The fourth-order valence-electron chi connectivity index (χ4n) is 16.7. The van der Waals surface area contributed by atoms with E-state index in [1.54, 1.807) is 19.1 Å². The summed E-state index contributed by atoms with van der Waals surface area (Å²) in [5.41, 5.74) is 16.8. The average molecular weight is 2100 g/mol. The maximum absolute atomic E-state index is 14.1. The number of aliphatic carboxylic acids is 3. The number of nitrogens with two attached hydrogens (primary N) is 1. The van der Waals surface area contributed by atoms with Gasteiger partial charge in [0.1, 0.15) is 48.2 Å². The van der Waals surface area contributed by atoms with Crippen molar-refractivity contribution in [2.75, 3.05) is 40.5 Å². The maximum atomic E-state index is 14.1. The summed E-state index contributed by atoms with van der Waals surface area (Å²) in [6, 6.07) is 80.7. The summed E-state index contributed by atoms with van der Waals surface area (Å²) < 4.78 is 43.4. The van der Waals surface area contributed by atoms with Crippen LogP contribution in [-0.2, 0) is 143 Å². The molecule has 0 saturated carbocycles. The van der Waals surface area contributed by atoms with Crippen molar-refractivity contribution in [2.24, 2.45) is 10.2 Å². The first-order chi connectivity index (χ1) is 70.9. The summed E-state index contributed by atoms with van der Waals surface area (Å²) in [6.45, 7) is 18.4. The topological polar surface area (TPSA) is 446 Å². The lowest BCUT2D eigenvalue weighted by atomic mass is 9.75. The van der Waals surface area contributed by atoms with Crippen molar-refractivity contribution in [3.05, 3.63) is 323 Å². The third-order valence-electron chi connectivity index (χ3n) is 26.4. The van der Waals surface area contributed by atoms with Crippen LogP contribution in [0.25, 0.3) is 0 Å². The Labute approximate surface area is 888 Å². The number of likely N-dealkylation sites (tertiary alicyclic amines) is 2. The van der Waals surface area contributed by atoms with Gasteiger partial charge in [0, 0.05) is 91.9 Å². The van der Waals surface area contributed by atoms with Crippen molar-refractivity contribution in [1.82, 2.24) is 36.4 Å². The van der Waals surface area contributed by atoms with Gasteiger partial charge in [-0.15, -0.1) is 0 Å². The fourth-order valence-corrected chi connectivity index (χ4v) is 17.1. The molecule has 31 nitrogen and oxygen atoms in total. The molecule has 0 aliphatic carbocycles. The van der Waals surface area contributed by atoms with Crippen molar-refractivity contribution in [1.29, 1.82) is 0 Å². The molecule has 36 heteroatoms. The second kappa shape index (κ2) is 65.0. The molecule has 9 aromatic carbocycles. The summed E-state index contributed by atoms with van der Waals surface area (Å²) in [5.74, 6) is -5.35. The highest BCUT2D eigenvalue weighted by atomic mass is 35.5. The number of nitrogens with zero attached hydrogens (tertiary/aromatic N) is 3. The van der Waals surface area contributed by atoms with E-state index >= 15 is 0 Å². The number of carboxylic acid groups (broad SMARTS) is 3. The molecule has 9 aromatic rings. The van der Waals surface area contributed by atoms with Gasteiger partial charge in [0.2, 0.25) is 49.9 Å². The highest BCUT2D eigenvalue weighted by molar-refractivity contribution is 7.31. The highest BCUT2D eigenvalue weighted by Crippen LogP contribution is 2.40. The zero-order chi connectivity index (χ0) is 107. The van der Waals surface area contributed by atoms with Gasteiger partial charge in [-0.2, -0.15) is 0 Å². The summed E-state index contributed by atoms with van der Waals surface area (Å²) in [7, 11) is 4.87. The normalized spacial score (nSPS) is 16.7. The van der Waals surface area contributed by atoms with E-state index in [4.69, 9.17) is 43.5 Å². The van der Waals surface area contributed by atoms with Crippen molar-refractivity contribution < 1.29 is 119 Å². The minimum absolute atomic E-state index is 0. The number of quaternary nitrogens is 1. The van der Waals surface area contributed by atoms with Crippen LogP contribution in [0.3, 0.4) is 0 Å². The molecule has 4 aliphatic heterocycles. The third-order valence-corrected chi connectivity index (χ3v) is 27.0. The molecule has 4 aliphatic rings. The number of hydrogen-bond acceptors (Lipinski definition) is 20. The molecule has 4 fully saturated rings. The molecule has 0 radical (unpaired) electrons. The number of aryl methyl sites for hydroxylation is 4. The van der Waals surface area contributed by atoms with Crippen LogP contribution >= 0.6 is 18.0 Å². The zero-order valence-electron chi connectivity index (χ0n) is 87.2. The number of halogens is 1. The predicted octanol–water partition coefficient (Wildman–Crippen LogP) is 10.8. The molecular formula is C113H149B2ClN10O21P2. The summed E-state index contributed by atoms with van der Waals surface area (Å²) >= 11 is 0. The van der Waals surface area contributed by atoms with E-state index in [9.17, 15) is 63.0 Å². The number of carbonyl (C=O) groups excluding carboxylic acids is 8. The van der Waals surface area contributed by atoms with Crippen molar-refractivity contribution in [3.8, 4) is 0 Å². The molecular weight excluding hydrogens is 1950 g/mol. The monoisotopic (exact) mass is 2100 g/mol. The van der Waals surface area contributed by atoms with E-state index in [0.717, 1.165) is 69.5 Å². The minimum atomic E-state index is -1.02. The Morgan fingerprint density at radius 2 is 0.691 bits per heavy atom. The van der Waals surface area contributed by atoms with Gasteiger partial charge < -0.3 is 108 Å². The molecule has 10 atom stereocenters. The van der Waals surface area contributed by atoms with Crippen LogP contribution in [0, 0.1) is 0 Å². The smallest absolute Gasteiger partial charge is 0.521 e. The van der Waals surface area contributed by atoms with Gasteiger partial charge in [-0.1, -0.05) is 273 Å². The molecule has 0 bridgehead atoms. The number of carboxylic acids is 3. The predicted molar refractivity (Wildman–Crippen MR) is 576 cm³/mol. The molecule has 13 N–H and O–H groups in total. The van der Waals surface area contributed by atoms with Crippen LogP contribution in [0.2, 0.25) is 0 Å². The Balaban J connectivity index is 0.000000253. The Bertz CT molecular complexity index is 5540. The van der Waals surface area contributed by atoms with E-state index in [0.29, 0.717) is 116 Å². The summed E-state index contributed by atoms with van der Waals surface area (Å²) in [4.78, 5) is 139. The number of hydrogen-bond donors (Lipinski definition) is 10. The van der Waals surface area contributed by atoms with E-state index in [1.165, 1.54) is 4.90 Å². The van der Waals surface area contributed by atoms with Gasteiger partial charge in [-0.25, -0.2) is 18.9 Å². The zero-order valence-corrected chi connectivity index (χ0v) is 90.0. The number of ether oxygens (including phenoxy) is 2. The van der Waals surface area contributed by atoms with Gasteiger partial charge in [-0.3, -0.25) is 38.4 Å². The maximum Gasteiger partial charge on any atom is 0.521 e. The molecule has 7 amide bonds. The number of carbonyl (C=O) groups is 11. The van der Waals surface area contributed by atoms with E-state index in [1.807, 2.05) is 301 Å². The lowest BCUT2D eigenvalue weighted by molar-refractivity contribution is -0.399. The first kappa shape index (κ1) is 124. The molecule has 800 valence electrons. The average Bonchev–Trinajstić information content (AvgIpc) is 1.62. The van der Waals surface area contributed by atoms with Crippen LogP contribution in [-0.4, -0.2) is 222 Å². The first-order valence-electron chi connectivity index (χ1n) is 50.6. The Hall–Kier alpha value is -12.2. The van der Waals surface area contributed by atoms with Crippen LogP contribution < -0.4 is 50.5 Å². The van der Waals surface area contributed by atoms with Crippen LogP contribution in [0.15, 0.2) is 278 Å². The fraction of sp³-hybridized carbons (Fsp3) is 0.425. The van der Waals surface area contributed by atoms with Crippen LogP contribution in [0.5, 0.6) is 0 Å². The molecule has 149 heavy (non-hydrogen) atoms. The van der Waals surface area contributed by atoms with Crippen LogP contribution in [0.1, 0.15) is 183 Å². The minimum Gasteiger partial charge on any atom is -1.00 e. The number of rotatable bonds is 45. The Morgan fingerprint density at radius 1 is 0.409 bits per heavy atom. The lowest BCUT2D eigenvalue weighted by Gasteiger charge is -2.32. The first-order valence-corrected chi connectivity index (χ1v) is 51.9. The van der Waals surface area contributed by atoms with Gasteiger partial charge in [0.05, 0.1) is 28.3 Å². The highest BCUT2D eigenvalue weighted by Gasteiger charge is 2.56. The van der Waals surface area contributed by atoms with Gasteiger partial charge >= 0.3 is 38.1 Å². The summed E-state index contributed by atoms with van der Waals surface area (Å²) in [5, 5.41) is 41.6. The van der Waals surface area contributed by atoms with E-state index in [-0.39, 0.29) is 112 Å². The van der Waals surface area contributed by atoms with Crippen molar-refractivity contribution in [3.63, 3.8) is 0 Å². The van der Waals surface area contributed by atoms with Gasteiger partial charge in [0.25, 0.3) is 0 Å². The third kappa shape index (κ3) is 43.7. The lowest BCUT2D eigenvalue weighted by Crippen LogP contribution is -3.00. The molecule has 13 rings (SSSR count). The summed E-state index contributed by atoms with van der Waals surface area (Å²) in [6.07, 6.45) is 10.9. The Morgan fingerprint density at radius 3 is 1.01 bits per heavy atom. The largest absolute Gasteiger partial charge is 1.00 e. The van der Waals surface area contributed by atoms with Crippen molar-refractivity contribution in [2.45, 2.75) is 267 Å². The molecule has 4 saturated heterocycles.